The fourth-order valence-corrected chi connectivity index (χ4v) is 2.67. The predicted molar refractivity (Wildman–Crippen MR) is 74.8 cm³/mol. The molecule has 2 N–H and O–H groups in total. The third-order valence-corrected chi connectivity index (χ3v) is 3.75. The molecule has 1 saturated heterocycles. The van der Waals surface area contributed by atoms with Crippen LogP contribution in [0.5, 0.6) is 0 Å². The van der Waals surface area contributed by atoms with Crippen LogP contribution in [0.4, 0.5) is 0 Å². The highest BCUT2D eigenvalue weighted by Crippen LogP contribution is 2.21. The molecule has 5 nitrogen and oxygen atoms in total. The van der Waals surface area contributed by atoms with Crippen molar-refractivity contribution in [2.24, 2.45) is 5.73 Å². The van der Waals surface area contributed by atoms with E-state index >= 15 is 0 Å². The van der Waals surface area contributed by atoms with Crippen LogP contribution in [-0.4, -0.2) is 36.5 Å². The van der Waals surface area contributed by atoms with E-state index < -0.39 is 0 Å². The van der Waals surface area contributed by atoms with Crippen LogP contribution in [0, 0.1) is 0 Å². The second-order valence-electron chi connectivity index (χ2n) is 5.05. The van der Waals surface area contributed by atoms with Gasteiger partial charge in [0.15, 0.2) is 0 Å². The van der Waals surface area contributed by atoms with Crippen LogP contribution in [0.3, 0.4) is 0 Å². The highest BCUT2D eigenvalue weighted by Gasteiger charge is 2.29. The fraction of sp³-hybridized carbons (Fsp3) is 0.467. The summed E-state index contributed by atoms with van der Waals surface area (Å²) in [4.78, 5) is 24.9. The largest absolute Gasteiger partial charge is 0.469 e. The third-order valence-electron chi connectivity index (χ3n) is 3.75. The highest BCUT2D eigenvalue weighted by molar-refractivity contribution is 5.80. The van der Waals surface area contributed by atoms with Crippen molar-refractivity contribution in [1.29, 1.82) is 0 Å². The van der Waals surface area contributed by atoms with Crippen molar-refractivity contribution in [2.75, 3.05) is 13.7 Å². The van der Waals surface area contributed by atoms with Crippen molar-refractivity contribution < 1.29 is 14.3 Å². The van der Waals surface area contributed by atoms with E-state index in [4.69, 9.17) is 10.5 Å². The molecule has 108 valence electrons. The number of benzene rings is 1. The lowest BCUT2D eigenvalue weighted by molar-refractivity contribution is -0.139. The zero-order chi connectivity index (χ0) is 14.5. The Morgan fingerprint density at radius 1 is 1.35 bits per heavy atom. The summed E-state index contributed by atoms with van der Waals surface area (Å²) < 4.78 is 4.71. The topological polar surface area (TPSA) is 72.6 Å². The van der Waals surface area contributed by atoms with Gasteiger partial charge < -0.3 is 10.5 Å². The minimum absolute atomic E-state index is 0.193. The van der Waals surface area contributed by atoms with Crippen molar-refractivity contribution in [3.63, 3.8) is 0 Å². The first-order valence-electron chi connectivity index (χ1n) is 6.78. The fourth-order valence-electron chi connectivity index (χ4n) is 2.67. The number of hydrogen-bond donors (Lipinski definition) is 1. The number of nitrogens with two attached hydrogens (primary N) is 1. The molecule has 1 amide bonds. The van der Waals surface area contributed by atoms with Crippen LogP contribution < -0.4 is 5.73 Å². The number of hydrogen-bond acceptors (Lipinski definition) is 4. The van der Waals surface area contributed by atoms with E-state index in [1.165, 1.54) is 7.11 Å². The molecule has 1 aromatic carbocycles. The van der Waals surface area contributed by atoms with Crippen molar-refractivity contribution >= 4 is 11.9 Å². The molecule has 5 heteroatoms. The summed E-state index contributed by atoms with van der Waals surface area (Å²) in [5, 5.41) is 0. The summed E-state index contributed by atoms with van der Waals surface area (Å²) in [6.45, 7) is 1.50. The number of likely N-dealkylation sites (tertiary alicyclic amines) is 1. The van der Waals surface area contributed by atoms with Crippen LogP contribution in [0.15, 0.2) is 24.3 Å². The maximum Gasteiger partial charge on any atom is 0.309 e. The van der Waals surface area contributed by atoms with Gasteiger partial charge in [-0.05, 0) is 30.5 Å². The summed E-state index contributed by atoms with van der Waals surface area (Å²) in [5.41, 5.74) is 7.41. The molecule has 0 radical (unpaired) electrons. The Bertz CT molecular complexity index is 502. The number of nitrogens with zero attached hydrogens (tertiary/aromatic N) is 1. The molecular formula is C15H20N2O3. The molecule has 2 rings (SSSR count). The Balaban J connectivity index is 2.12. The maximum atomic E-state index is 11.4. The van der Waals surface area contributed by atoms with Crippen LogP contribution in [0.1, 0.15) is 24.0 Å². The summed E-state index contributed by atoms with van der Waals surface area (Å²) in [7, 11) is 1.38. The van der Waals surface area contributed by atoms with Crippen LogP contribution >= 0.6 is 0 Å². The van der Waals surface area contributed by atoms with Gasteiger partial charge in [-0.2, -0.15) is 0 Å². The first-order chi connectivity index (χ1) is 9.61. The molecule has 0 bridgehead atoms. The van der Waals surface area contributed by atoms with Crippen molar-refractivity contribution in [3.05, 3.63) is 35.4 Å². The highest BCUT2D eigenvalue weighted by atomic mass is 16.5. The molecule has 0 aliphatic carbocycles. The number of methoxy groups -OCH3 is 1. The second-order valence-corrected chi connectivity index (χ2v) is 5.05. The first-order valence-corrected chi connectivity index (χ1v) is 6.78. The standard InChI is InChI=1S/C15H20N2O3/c1-20-14(18)9-11-5-2-3-6-12(11)10-17-8-4-7-13(17)15(16)19/h2-3,5-6,13H,4,7-10H2,1H3,(H2,16,19). The molecule has 20 heavy (non-hydrogen) atoms. The second kappa shape index (κ2) is 6.52. The predicted octanol–water partition coefficient (Wildman–Crippen LogP) is 0.852. The van der Waals surface area contributed by atoms with E-state index in [1.807, 2.05) is 24.3 Å². The lowest BCUT2D eigenvalue weighted by atomic mass is 10.0. The molecule has 1 aromatic rings. The summed E-state index contributed by atoms with van der Waals surface area (Å²) in [6, 6.07) is 7.54. The van der Waals surface area contributed by atoms with Gasteiger partial charge >= 0.3 is 5.97 Å². The van der Waals surface area contributed by atoms with E-state index in [2.05, 4.69) is 4.90 Å². The van der Waals surface area contributed by atoms with Gasteiger partial charge in [0.05, 0.1) is 19.6 Å². The molecule has 1 fully saturated rings. The number of primary amides is 1. The Kier molecular flexibility index (Phi) is 4.74. The van der Waals surface area contributed by atoms with Crippen LogP contribution in [-0.2, 0) is 27.3 Å². The molecule has 0 saturated carbocycles. The van der Waals surface area contributed by atoms with E-state index in [-0.39, 0.29) is 24.3 Å². The summed E-state index contributed by atoms with van der Waals surface area (Å²) >= 11 is 0. The van der Waals surface area contributed by atoms with E-state index in [0.717, 1.165) is 30.5 Å². The summed E-state index contributed by atoms with van der Waals surface area (Å²) in [5.74, 6) is -0.529. The molecule has 1 aliphatic rings. The molecule has 1 unspecified atom stereocenters. The minimum Gasteiger partial charge on any atom is -0.469 e. The van der Waals surface area contributed by atoms with Gasteiger partial charge in [-0.15, -0.1) is 0 Å². The SMILES string of the molecule is COC(=O)Cc1ccccc1CN1CCCC1C(N)=O. The average molecular weight is 276 g/mol. The molecule has 1 aliphatic heterocycles. The van der Waals surface area contributed by atoms with Crippen molar-refractivity contribution in [2.45, 2.75) is 31.8 Å². The van der Waals surface area contributed by atoms with Crippen molar-refractivity contribution in [1.82, 2.24) is 4.90 Å². The van der Waals surface area contributed by atoms with E-state index in [0.29, 0.717) is 6.54 Å². The molecule has 1 atom stereocenters. The number of amides is 1. The number of esters is 1. The van der Waals surface area contributed by atoms with Crippen LogP contribution in [0.2, 0.25) is 0 Å². The van der Waals surface area contributed by atoms with Gasteiger partial charge in [0.1, 0.15) is 0 Å². The van der Waals surface area contributed by atoms with Gasteiger partial charge in [-0.25, -0.2) is 0 Å². The van der Waals surface area contributed by atoms with Crippen molar-refractivity contribution in [3.8, 4) is 0 Å². The summed E-state index contributed by atoms with van der Waals surface area (Å²) in [6.07, 6.45) is 2.04. The molecule has 1 heterocycles. The Hall–Kier alpha value is -1.88. The number of ether oxygens (including phenoxy) is 1. The zero-order valence-electron chi connectivity index (χ0n) is 11.7. The quantitative estimate of drug-likeness (QED) is 0.809. The number of rotatable bonds is 5. The third kappa shape index (κ3) is 3.36. The Morgan fingerprint density at radius 3 is 2.70 bits per heavy atom. The van der Waals surface area contributed by atoms with E-state index in [1.54, 1.807) is 0 Å². The van der Waals surface area contributed by atoms with Gasteiger partial charge in [-0.1, -0.05) is 24.3 Å². The molecular weight excluding hydrogens is 256 g/mol. The zero-order valence-corrected chi connectivity index (χ0v) is 11.7. The first kappa shape index (κ1) is 14.5. The Labute approximate surface area is 118 Å². The van der Waals surface area contributed by atoms with Crippen LogP contribution in [0.25, 0.3) is 0 Å². The van der Waals surface area contributed by atoms with E-state index in [9.17, 15) is 9.59 Å². The molecule has 0 aromatic heterocycles. The van der Waals surface area contributed by atoms with Gasteiger partial charge in [0.25, 0.3) is 0 Å². The Morgan fingerprint density at radius 2 is 2.05 bits per heavy atom. The number of carbonyl (C=O) groups excluding carboxylic acids is 2. The maximum absolute atomic E-state index is 11.4. The normalized spacial score (nSPS) is 18.9. The molecule has 0 spiro atoms. The van der Waals surface area contributed by atoms with Gasteiger partial charge in [0.2, 0.25) is 5.91 Å². The minimum atomic E-state index is -0.270. The van der Waals surface area contributed by atoms with Gasteiger partial charge in [0, 0.05) is 6.54 Å². The average Bonchev–Trinajstić information content (AvgIpc) is 2.89. The monoisotopic (exact) mass is 276 g/mol. The smallest absolute Gasteiger partial charge is 0.309 e. The lowest BCUT2D eigenvalue weighted by Crippen LogP contribution is -2.39. The number of carbonyl (C=O) groups is 2. The van der Waals surface area contributed by atoms with Gasteiger partial charge in [-0.3, -0.25) is 14.5 Å². The lowest BCUT2D eigenvalue weighted by Gasteiger charge is -2.23.